The molecule has 7 nitrogen and oxygen atoms in total. The molecule has 2 aromatic rings. The topological polar surface area (TPSA) is 79.3 Å². The Labute approximate surface area is 175 Å². The third-order valence-electron chi connectivity index (χ3n) is 5.99. The third kappa shape index (κ3) is 3.78. The lowest BCUT2D eigenvalue weighted by atomic mass is 9.96. The molecule has 4 rings (SSSR count). The maximum atomic E-state index is 13.5. The number of piperidine rings is 1. The van der Waals surface area contributed by atoms with Gasteiger partial charge in [-0.15, -0.1) is 0 Å². The Kier molecular flexibility index (Phi) is 5.74. The van der Waals surface area contributed by atoms with Crippen LogP contribution in [0.5, 0.6) is 5.75 Å². The first-order valence-corrected chi connectivity index (χ1v) is 10.1. The summed E-state index contributed by atoms with van der Waals surface area (Å²) in [5, 5.41) is 9.75. The Balaban J connectivity index is 1.56. The van der Waals surface area contributed by atoms with E-state index in [1.807, 2.05) is 18.2 Å². The van der Waals surface area contributed by atoms with Crippen molar-refractivity contribution in [2.75, 3.05) is 26.8 Å². The molecule has 2 heterocycles. The Morgan fingerprint density at radius 2 is 1.77 bits per heavy atom. The van der Waals surface area contributed by atoms with E-state index in [1.54, 1.807) is 24.3 Å². The highest BCUT2D eigenvalue weighted by molar-refractivity contribution is 5.99. The van der Waals surface area contributed by atoms with Gasteiger partial charge in [0.25, 0.3) is 5.91 Å². The van der Waals surface area contributed by atoms with E-state index in [2.05, 4.69) is 17.0 Å². The molecule has 2 fully saturated rings. The molecular weight excluding hydrogens is 384 g/mol. The molecule has 0 radical (unpaired) electrons. The van der Waals surface area contributed by atoms with Gasteiger partial charge in [0, 0.05) is 32.5 Å². The minimum Gasteiger partial charge on any atom is -0.496 e. The summed E-state index contributed by atoms with van der Waals surface area (Å²) < 4.78 is 11.4. The quantitative estimate of drug-likeness (QED) is 0.816. The van der Waals surface area contributed by atoms with Gasteiger partial charge in [-0.25, -0.2) is 4.79 Å². The van der Waals surface area contributed by atoms with E-state index in [0.29, 0.717) is 24.2 Å². The zero-order chi connectivity index (χ0) is 21.1. The van der Waals surface area contributed by atoms with Crippen molar-refractivity contribution in [2.24, 2.45) is 0 Å². The van der Waals surface area contributed by atoms with Crippen molar-refractivity contribution in [3.05, 3.63) is 65.7 Å². The largest absolute Gasteiger partial charge is 0.496 e. The molecule has 2 saturated heterocycles. The molecule has 0 aromatic heterocycles. The first kappa shape index (κ1) is 20.4. The standard InChI is InChI=1S/C23H26N2O5/c1-29-20-10-6-5-9-18(20)21(26)25-19(22(27)28)16-30-23(25)11-13-24(14-12-23)15-17-7-3-2-4-8-17/h2-10,19H,11-16H2,1H3,(H,27,28)/t19-/m0/s1. The van der Waals surface area contributed by atoms with Crippen molar-refractivity contribution in [1.82, 2.24) is 9.80 Å². The lowest BCUT2D eigenvalue weighted by molar-refractivity contribution is -0.144. The molecule has 1 amide bonds. The van der Waals surface area contributed by atoms with Crippen LogP contribution in [-0.2, 0) is 16.1 Å². The number of carboxylic acids is 1. The number of likely N-dealkylation sites (tertiary alicyclic amines) is 1. The van der Waals surface area contributed by atoms with Gasteiger partial charge in [0.1, 0.15) is 11.5 Å². The van der Waals surface area contributed by atoms with Crippen LogP contribution in [0.4, 0.5) is 0 Å². The molecule has 0 saturated carbocycles. The molecule has 0 unspecified atom stereocenters. The maximum absolute atomic E-state index is 13.5. The van der Waals surface area contributed by atoms with Gasteiger partial charge in [0.15, 0.2) is 6.04 Å². The second-order valence-electron chi connectivity index (χ2n) is 7.75. The third-order valence-corrected chi connectivity index (χ3v) is 5.99. The fourth-order valence-corrected chi connectivity index (χ4v) is 4.41. The van der Waals surface area contributed by atoms with Gasteiger partial charge < -0.3 is 14.6 Å². The summed E-state index contributed by atoms with van der Waals surface area (Å²) in [6.45, 7) is 2.25. The van der Waals surface area contributed by atoms with Crippen LogP contribution in [-0.4, -0.2) is 65.4 Å². The Morgan fingerprint density at radius 1 is 1.10 bits per heavy atom. The minimum absolute atomic E-state index is 0.00505. The molecule has 158 valence electrons. The summed E-state index contributed by atoms with van der Waals surface area (Å²) in [5.74, 6) is -0.995. The van der Waals surface area contributed by atoms with Crippen molar-refractivity contribution >= 4 is 11.9 Å². The predicted molar refractivity (Wildman–Crippen MR) is 110 cm³/mol. The van der Waals surface area contributed by atoms with E-state index < -0.39 is 17.7 Å². The molecule has 2 aliphatic heterocycles. The number of nitrogens with zero attached hydrogens (tertiary/aromatic N) is 2. The van der Waals surface area contributed by atoms with Crippen LogP contribution in [0.15, 0.2) is 54.6 Å². The second kappa shape index (κ2) is 8.45. The van der Waals surface area contributed by atoms with Gasteiger partial charge in [0.05, 0.1) is 19.3 Å². The number of methoxy groups -OCH3 is 1. The van der Waals surface area contributed by atoms with Crippen LogP contribution in [0, 0.1) is 0 Å². The van der Waals surface area contributed by atoms with Crippen molar-refractivity contribution in [3.8, 4) is 5.75 Å². The number of para-hydroxylation sites is 1. The summed E-state index contributed by atoms with van der Waals surface area (Å²) >= 11 is 0. The van der Waals surface area contributed by atoms with Crippen molar-refractivity contribution < 1.29 is 24.2 Å². The summed E-state index contributed by atoms with van der Waals surface area (Å²) in [6.07, 6.45) is 1.12. The molecule has 0 aliphatic carbocycles. The highest BCUT2D eigenvalue weighted by Gasteiger charge is 2.54. The molecule has 1 N–H and O–H groups in total. The number of carboxylic acid groups (broad SMARTS) is 1. The molecular formula is C23H26N2O5. The smallest absolute Gasteiger partial charge is 0.328 e. The Bertz CT molecular complexity index is 909. The van der Waals surface area contributed by atoms with Crippen molar-refractivity contribution in [3.63, 3.8) is 0 Å². The van der Waals surface area contributed by atoms with Gasteiger partial charge in [-0.2, -0.15) is 0 Å². The Morgan fingerprint density at radius 3 is 2.43 bits per heavy atom. The molecule has 1 spiro atoms. The summed E-state index contributed by atoms with van der Waals surface area (Å²) in [5.41, 5.74) is 0.669. The number of aliphatic carboxylic acids is 1. The van der Waals surface area contributed by atoms with E-state index in [9.17, 15) is 14.7 Å². The number of rotatable bonds is 5. The SMILES string of the molecule is COc1ccccc1C(=O)N1[C@H](C(=O)O)COC12CCN(Cc1ccccc1)CC2. The van der Waals surface area contributed by atoms with Gasteiger partial charge in [-0.3, -0.25) is 14.6 Å². The van der Waals surface area contributed by atoms with Crippen LogP contribution in [0.1, 0.15) is 28.8 Å². The molecule has 0 bridgehead atoms. The highest BCUT2D eigenvalue weighted by Crippen LogP contribution is 2.39. The number of hydrogen-bond donors (Lipinski definition) is 1. The monoisotopic (exact) mass is 410 g/mol. The number of carbonyl (C=O) groups is 2. The van der Waals surface area contributed by atoms with Gasteiger partial charge in [0.2, 0.25) is 0 Å². The lowest BCUT2D eigenvalue weighted by Crippen LogP contribution is -2.58. The number of hydrogen-bond acceptors (Lipinski definition) is 5. The molecule has 30 heavy (non-hydrogen) atoms. The number of benzene rings is 2. The number of ether oxygens (including phenoxy) is 2. The van der Waals surface area contributed by atoms with E-state index >= 15 is 0 Å². The van der Waals surface area contributed by atoms with Gasteiger partial charge in [-0.1, -0.05) is 42.5 Å². The van der Waals surface area contributed by atoms with Crippen LogP contribution in [0.25, 0.3) is 0 Å². The average Bonchev–Trinajstić information content (AvgIpc) is 3.14. The fraction of sp³-hybridized carbons (Fsp3) is 0.391. The van der Waals surface area contributed by atoms with Crippen LogP contribution < -0.4 is 4.74 Å². The number of amides is 1. The average molecular weight is 410 g/mol. The zero-order valence-corrected chi connectivity index (χ0v) is 17.0. The molecule has 1 atom stereocenters. The zero-order valence-electron chi connectivity index (χ0n) is 17.0. The minimum atomic E-state index is -1.05. The predicted octanol–water partition coefficient (Wildman–Crippen LogP) is 2.61. The molecule has 2 aromatic carbocycles. The van der Waals surface area contributed by atoms with E-state index in [0.717, 1.165) is 19.6 Å². The summed E-state index contributed by atoms with van der Waals surface area (Å²) in [7, 11) is 1.50. The van der Waals surface area contributed by atoms with E-state index in [1.165, 1.54) is 17.6 Å². The summed E-state index contributed by atoms with van der Waals surface area (Å²) in [4.78, 5) is 29.1. The number of carbonyl (C=O) groups excluding carboxylic acids is 1. The first-order valence-electron chi connectivity index (χ1n) is 10.1. The fourth-order valence-electron chi connectivity index (χ4n) is 4.41. The van der Waals surface area contributed by atoms with Gasteiger partial charge in [-0.05, 0) is 17.7 Å². The van der Waals surface area contributed by atoms with Crippen LogP contribution >= 0.6 is 0 Å². The summed E-state index contributed by atoms with van der Waals surface area (Å²) in [6, 6.07) is 16.1. The maximum Gasteiger partial charge on any atom is 0.328 e. The molecule has 7 heteroatoms. The molecule has 2 aliphatic rings. The van der Waals surface area contributed by atoms with Crippen molar-refractivity contribution in [1.29, 1.82) is 0 Å². The highest BCUT2D eigenvalue weighted by atomic mass is 16.5. The van der Waals surface area contributed by atoms with Crippen molar-refractivity contribution in [2.45, 2.75) is 31.2 Å². The van der Waals surface area contributed by atoms with Crippen LogP contribution in [0.3, 0.4) is 0 Å². The normalized spacial score (nSPS) is 21.0. The van der Waals surface area contributed by atoms with E-state index in [4.69, 9.17) is 9.47 Å². The Hall–Kier alpha value is -2.90. The lowest BCUT2D eigenvalue weighted by Gasteiger charge is -2.44. The first-order chi connectivity index (χ1) is 14.5. The van der Waals surface area contributed by atoms with Gasteiger partial charge >= 0.3 is 5.97 Å². The van der Waals surface area contributed by atoms with Crippen LogP contribution in [0.2, 0.25) is 0 Å². The van der Waals surface area contributed by atoms with E-state index in [-0.39, 0.29) is 12.5 Å². The second-order valence-corrected chi connectivity index (χ2v) is 7.75.